The molecule has 2 heterocycles. The summed E-state index contributed by atoms with van der Waals surface area (Å²) in [6.07, 6.45) is 6.12. The van der Waals surface area contributed by atoms with Gasteiger partial charge in [-0.1, -0.05) is 44.0 Å². The van der Waals surface area contributed by atoms with E-state index < -0.39 is 0 Å². The Balaban J connectivity index is 1.62. The number of nitrogens with one attached hydrogen (secondary N) is 1. The molecule has 0 aliphatic carbocycles. The zero-order valence-corrected chi connectivity index (χ0v) is 15.6. The molecule has 1 aromatic carbocycles. The van der Waals surface area contributed by atoms with E-state index in [-0.39, 0.29) is 5.91 Å². The van der Waals surface area contributed by atoms with E-state index in [2.05, 4.69) is 34.2 Å². The summed E-state index contributed by atoms with van der Waals surface area (Å²) in [5.41, 5.74) is 1.49. The number of nitrogens with zero attached hydrogens (tertiary/aromatic N) is 3. The molecule has 0 saturated carbocycles. The van der Waals surface area contributed by atoms with Crippen LogP contribution in [0.25, 0.3) is 11.4 Å². The van der Waals surface area contributed by atoms with Crippen LogP contribution >= 0.6 is 0 Å². The molecule has 2 aromatic rings. The lowest BCUT2D eigenvalue weighted by molar-refractivity contribution is 0.0918. The Morgan fingerprint density at radius 2 is 1.88 bits per heavy atom. The average Bonchev–Trinajstić information content (AvgIpc) is 3.39. The van der Waals surface area contributed by atoms with Crippen molar-refractivity contribution in [1.29, 1.82) is 0 Å². The van der Waals surface area contributed by atoms with Gasteiger partial charge in [-0.15, -0.1) is 0 Å². The summed E-state index contributed by atoms with van der Waals surface area (Å²) in [5, 5.41) is 6.96. The van der Waals surface area contributed by atoms with Gasteiger partial charge in [0.2, 0.25) is 12.2 Å². The molecule has 1 aromatic heterocycles. The second-order valence-corrected chi connectivity index (χ2v) is 6.93. The predicted octanol–water partition coefficient (Wildman–Crippen LogP) is 3.37. The molecule has 1 aliphatic heterocycles. The largest absolute Gasteiger partial charge is 0.350 e. The second-order valence-electron chi connectivity index (χ2n) is 6.93. The Hall–Kier alpha value is -2.21. The number of carbonyl (C=O) groups is 1. The first-order valence-electron chi connectivity index (χ1n) is 9.62. The maximum absolute atomic E-state index is 12.6. The molecule has 3 rings (SSSR count). The standard InChI is InChI=1S/C20H28N4O2/c1-3-15(4-2)18(24-11-5-6-12-24)13-21-20(25)17-9-7-16(8-10-17)19-22-14-26-23-19/h7-10,14-15,18H,3-6,11-13H2,1-2H3,(H,21,25). The summed E-state index contributed by atoms with van der Waals surface area (Å²) in [6, 6.07) is 7.73. The molecule has 0 radical (unpaired) electrons. The van der Waals surface area contributed by atoms with Crippen molar-refractivity contribution in [2.24, 2.45) is 5.92 Å². The molecule has 6 heteroatoms. The summed E-state index contributed by atoms with van der Waals surface area (Å²) < 4.78 is 4.76. The first-order chi connectivity index (χ1) is 12.7. The highest BCUT2D eigenvalue weighted by molar-refractivity contribution is 5.94. The molecule has 1 N–H and O–H groups in total. The molecule has 0 bridgehead atoms. The van der Waals surface area contributed by atoms with Crippen LogP contribution in [0.1, 0.15) is 49.9 Å². The topological polar surface area (TPSA) is 71.3 Å². The molecule has 1 aliphatic rings. The van der Waals surface area contributed by atoms with Crippen molar-refractivity contribution < 1.29 is 9.32 Å². The van der Waals surface area contributed by atoms with Gasteiger partial charge in [0.25, 0.3) is 5.91 Å². The number of likely N-dealkylation sites (tertiary alicyclic amines) is 1. The maximum atomic E-state index is 12.6. The summed E-state index contributed by atoms with van der Waals surface area (Å²) in [4.78, 5) is 19.2. The van der Waals surface area contributed by atoms with Gasteiger partial charge in [0, 0.05) is 23.7 Å². The van der Waals surface area contributed by atoms with Crippen LogP contribution in [0.3, 0.4) is 0 Å². The Kier molecular flexibility index (Phi) is 6.39. The molecule has 1 saturated heterocycles. The third-order valence-corrected chi connectivity index (χ3v) is 5.44. The van der Waals surface area contributed by atoms with Crippen molar-refractivity contribution in [3.63, 3.8) is 0 Å². The van der Waals surface area contributed by atoms with Crippen molar-refractivity contribution in [1.82, 2.24) is 20.4 Å². The molecule has 1 fully saturated rings. The van der Waals surface area contributed by atoms with Gasteiger partial charge in [-0.05, 0) is 44.0 Å². The smallest absolute Gasteiger partial charge is 0.251 e. The van der Waals surface area contributed by atoms with Gasteiger partial charge in [-0.3, -0.25) is 9.69 Å². The maximum Gasteiger partial charge on any atom is 0.251 e. The molecule has 140 valence electrons. The SMILES string of the molecule is CCC(CC)C(CNC(=O)c1ccc(-c2ncon2)cc1)N1CCCC1. The fourth-order valence-corrected chi connectivity index (χ4v) is 3.87. The van der Waals surface area contributed by atoms with Gasteiger partial charge in [0.15, 0.2) is 0 Å². The van der Waals surface area contributed by atoms with E-state index in [1.54, 1.807) is 0 Å². The van der Waals surface area contributed by atoms with Gasteiger partial charge >= 0.3 is 0 Å². The van der Waals surface area contributed by atoms with Crippen LogP contribution < -0.4 is 5.32 Å². The number of benzene rings is 1. The van der Waals surface area contributed by atoms with E-state index in [0.717, 1.165) is 31.5 Å². The average molecular weight is 356 g/mol. The second kappa shape index (κ2) is 8.94. The number of hydrogen-bond donors (Lipinski definition) is 1. The summed E-state index contributed by atoms with van der Waals surface area (Å²) in [5.74, 6) is 1.12. The van der Waals surface area contributed by atoms with Crippen LogP contribution in [0.2, 0.25) is 0 Å². The zero-order valence-electron chi connectivity index (χ0n) is 15.6. The number of aromatic nitrogens is 2. The molecule has 1 amide bonds. The lowest BCUT2D eigenvalue weighted by atomic mass is 9.93. The van der Waals surface area contributed by atoms with Gasteiger partial charge in [0.05, 0.1) is 0 Å². The number of amides is 1. The Morgan fingerprint density at radius 1 is 1.19 bits per heavy atom. The Labute approximate surface area is 155 Å². The Bertz CT molecular complexity index is 672. The highest BCUT2D eigenvalue weighted by Gasteiger charge is 2.27. The minimum atomic E-state index is -0.0279. The third-order valence-electron chi connectivity index (χ3n) is 5.44. The van der Waals surface area contributed by atoms with Crippen LogP contribution in [-0.2, 0) is 0 Å². The summed E-state index contributed by atoms with van der Waals surface area (Å²) in [6.45, 7) is 7.50. The van der Waals surface area contributed by atoms with Crippen LogP contribution in [0.15, 0.2) is 35.2 Å². The zero-order chi connectivity index (χ0) is 18.4. The molecule has 26 heavy (non-hydrogen) atoms. The molecule has 6 nitrogen and oxygen atoms in total. The lowest BCUT2D eigenvalue weighted by Gasteiger charge is -2.33. The first-order valence-corrected chi connectivity index (χ1v) is 9.62. The molecular formula is C20H28N4O2. The first kappa shape index (κ1) is 18.6. The van der Waals surface area contributed by atoms with Crippen molar-refractivity contribution in [2.45, 2.75) is 45.6 Å². The normalized spacial score (nSPS) is 16.1. The minimum Gasteiger partial charge on any atom is -0.350 e. The van der Waals surface area contributed by atoms with E-state index in [0.29, 0.717) is 29.9 Å². The van der Waals surface area contributed by atoms with Gasteiger partial charge in [-0.25, -0.2) is 0 Å². The van der Waals surface area contributed by atoms with Crippen molar-refractivity contribution in [3.8, 4) is 11.4 Å². The minimum absolute atomic E-state index is 0.0279. The quantitative estimate of drug-likeness (QED) is 0.785. The van der Waals surface area contributed by atoms with Gasteiger partial charge in [0.1, 0.15) is 0 Å². The van der Waals surface area contributed by atoms with E-state index in [1.165, 1.54) is 19.2 Å². The Morgan fingerprint density at radius 3 is 2.46 bits per heavy atom. The van der Waals surface area contributed by atoms with Crippen LogP contribution in [0.5, 0.6) is 0 Å². The number of rotatable bonds is 8. The number of hydrogen-bond acceptors (Lipinski definition) is 5. The highest BCUT2D eigenvalue weighted by atomic mass is 16.5. The molecular weight excluding hydrogens is 328 g/mol. The van der Waals surface area contributed by atoms with E-state index >= 15 is 0 Å². The van der Waals surface area contributed by atoms with Crippen LogP contribution in [0.4, 0.5) is 0 Å². The summed E-state index contributed by atoms with van der Waals surface area (Å²) >= 11 is 0. The van der Waals surface area contributed by atoms with Gasteiger partial charge in [-0.2, -0.15) is 4.98 Å². The summed E-state index contributed by atoms with van der Waals surface area (Å²) in [7, 11) is 0. The predicted molar refractivity (Wildman–Crippen MR) is 101 cm³/mol. The molecule has 1 unspecified atom stereocenters. The molecule has 1 atom stereocenters. The molecule has 0 spiro atoms. The third kappa shape index (κ3) is 4.30. The lowest BCUT2D eigenvalue weighted by Crippen LogP contribution is -2.46. The number of carbonyl (C=O) groups excluding carboxylic acids is 1. The van der Waals surface area contributed by atoms with Gasteiger partial charge < -0.3 is 9.84 Å². The van der Waals surface area contributed by atoms with Crippen molar-refractivity contribution >= 4 is 5.91 Å². The van der Waals surface area contributed by atoms with Crippen LogP contribution in [0, 0.1) is 5.92 Å². The highest BCUT2D eigenvalue weighted by Crippen LogP contribution is 2.22. The van der Waals surface area contributed by atoms with Crippen molar-refractivity contribution in [2.75, 3.05) is 19.6 Å². The van der Waals surface area contributed by atoms with Crippen LogP contribution in [-0.4, -0.2) is 46.6 Å². The van der Waals surface area contributed by atoms with E-state index in [1.807, 2.05) is 24.3 Å². The fourth-order valence-electron chi connectivity index (χ4n) is 3.87. The van der Waals surface area contributed by atoms with E-state index in [4.69, 9.17) is 4.52 Å². The fraction of sp³-hybridized carbons (Fsp3) is 0.550. The monoisotopic (exact) mass is 356 g/mol. The van der Waals surface area contributed by atoms with Crippen molar-refractivity contribution in [3.05, 3.63) is 36.2 Å². The van der Waals surface area contributed by atoms with E-state index in [9.17, 15) is 4.79 Å².